The molecule has 1 N–H and O–H groups in total. The van der Waals surface area contributed by atoms with Crippen LogP contribution in [-0.4, -0.2) is 162 Å². The van der Waals surface area contributed by atoms with Crippen molar-refractivity contribution < 1.29 is 174 Å². The van der Waals surface area contributed by atoms with Crippen LogP contribution in [0.15, 0.2) is 106 Å². The van der Waals surface area contributed by atoms with Gasteiger partial charge < -0.3 is 42.6 Å². The number of hydrogen-bond donors (Lipinski definition) is 1. The van der Waals surface area contributed by atoms with Gasteiger partial charge in [0.05, 0.1) is 63.3 Å². The van der Waals surface area contributed by atoms with E-state index < -0.39 is 72.6 Å². The molecule has 0 saturated heterocycles. The van der Waals surface area contributed by atoms with Gasteiger partial charge in [0.25, 0.3) is 11.8 Å². The number of unbranched alkanes of at least 4 members (excludes halogenated alkanes) is 1. The Morgan fingerprint density at radius 1 is 0.646 bits per heavy atom. The van der Waals surface area contributed by atoms with Crippen LogP contribution in [0, 0.1) is 0 Å². The van der Waals surface area contributed by atoms with E-state index in [1.165, 1.54) is 36.4 Å². The van der Waals surface area contributed by atoms with Gasteiger partial charge in [0.1, 0.15) is 30.4 Å². The first-order valence-corrected chi connectivity index (χ1v) is 30.3. The monoisotopic (exact) mass is 1200 g/mol. The molecule has 0 aliphatic carbocycles. The Morgan fingerprint density at radius 2 is 1.19 bits per heavy atom. The Hall–Kier alpha value is -2.26. The Bertz CT molecular complexity index is 3140. The Kier molecular flexibility index (Phi) is 29.6. The molecule has 3 heterocycles. The quantitative estimate of drug-likeness (QED) is 0.0183. The largest absolute Gasteiger partial charge is 1.00 e. The van der Waals surface area contributed by atoms with Crippen LogP contribution < -0.4 is 98.9 Å². The van der Waals surface area contributed by atoms with E-state index in [9.17, 15) is 66.3 Å². The molecule has 2 aromatic rings. The minimum Gasteiger partial charge on any atom is -0.748 e. The molecule has 0 atom stereocenters. The van der Waals surface area contributed by atoms with Crippen molar-refractivity contribution in [2.45, 2.75) is 86.8 Å². The number of ether oxygens (including phenoxy) is 3. The standard InChI is InChI=1S/C50H66N4O18S4.3Na/c1-49(2)40-35-38(75(64,65)66)17-19-42(40)52(25-33-73(58,59)60)44(49)14-7-12-37(13-8-15-45-50(3,4)41-36-39(76(67,68)69)18-20-43(41)53(45)26-34-74(61,62)63)11-5-6-16-46(55)51-23-9-27-70-29-31-72-32-30-71-28-10-24-54-47(56)21-22-48(54)57;;;/h7-8,12-15,17-22,35-36H,5-6,9-11,16,23-34H2,1-4H3,(H4-,51,55,58,59,60,61,62,63,64,65,66,67,68,69);;;/q;3*+1/p-3. The Balaban J connectivity index is 0.00000711. The summed E-state index contributed by atoms with van der Waals surface area (Å²) < 4.78 is 161. The second-order valence-corrected chi connectivity index (χ2v) is 24.8. The van der Waals surface area contributed by atoms with E-state index in [1.807, 2.05) is 0 Å². The summed E-state index contributed by atoms with van der Waals surface area (Å²) in [5, 5.41) is 2.88. The van der Waals surface area contributed by atoms with Crippen molar-refractivity contribution >= 4 is 75.3 Å². The van der Waals surface area contributed by atoms with Crippen LogP contribution in [0.3, 0.4) is 0 Å². The molecule has 0 bridgehead atoms. The smallest absolute Gasteiger partial charge is 0.748 e. The van der Waals surface area contributed by atoms with Crippen molar-refractivity contribution in [3.63, 3.8) is 0 Å². The van der Waals surface area contributed by atoms with Gasteiger partial charge in [-0.1, -0.05) is 38.2 Å². The molecule has 0 aromatic heterocycles. The summed E-state index contributed by atoms with van der Waals surface area (Å²) in [5.41, 5.74) is 1.32. The van der Waals surface area contributed by atoms with Gasteiger partial charge in [0, 0.05) is 85.9 Å². The number of nitrogens with zero attached hydrogens (tertiary/aromatic N) is 3. The molecule has 22 nitrogen and oxygen atoms in total. The molecular weight excluding hydrogens is 1140 g/mol. The zero-order chi connectivity index (χ0) is 56.1. The van der Waals surface area contributed by atoms with Crippen molar-refractivity contribution in [1.29, 1.82) is 0 Å². The molecule has 418 valence electrons. The van der Waals surface area contributed by atoms with Crippen molar-refractivity contribution in [2.24, 2.45) is 0 Å². The van der Waals surface area contributed by atoms with E-state index in [2.05, 4.69) is 5.32 Å². The molecule has 2 aromatic carbocycles. The number of amides is 3. The second kappa shape index (κ2) is 32.1. The minimum atomic E-state index is -4.86. The van der Waals surface area contributed by atoms with Gasteiger partial charge in [-0.05, 0) is 93.5 Å². The minimum absolute atomic E-state index is 0. The van der Waals surface area contributed by atoms with E-state index in [0.29, 0.717) is 118 Å². The topological polar surface area (TPSA) is 329 Å². The number of imide groups is 1. The third-order valence-electron chi connectivity index (χ3n) is 12.8. The van der Waals surface area contributed by atoms with Crippen molar-refractivity contribution in [3.8, 4) is 0 Å². The summed E-state index contributed by atoms with van der Waals surface area (Å²) >= 11 is 0. The molecule has 0 unspecified atom stereocenters. The van der Waals surface area contributed by atoms with E-state index in [-0.39, 0.29) is 132 Å². The van der Waals surface area contributed by atoms with Gasteiger partial charge in [-0.15, -0.1) is 0 Å². The maximum Gasteiger partial charge on any atom is 1.00 e. The van der Waals surface area contributed by atoms with Crippen molar-refractivity contribution in [3.05, 3.63) is 107 Å². The van der Waals surface area contributed by atoms with Crippen molar-refractivity contribution in [1.82, 2.24) is 10.2 Å². The van der Waals surface area contributed by atoms with Gasteiger partial charge >= 0.3 is 88.7 Å². The number of allylic oxidation sites excluding steroid dienone is 8. The molecule has 29 heteroatoms. The fourth-order valence-corrected chi connectivity index (χ4v) is 10.7. The summed E-state index contributed by atoms with van der Waals surface area (Å²) in [6.45, 7) is 9.23. The van der Waals surface area contributed by atoms with Crippen LogP contribution >= 0.6 is 0 Å². The first kappa shape index (κ1) is 72.8. The molecule has 0 radical (unpaired) electrons. The predicted octanol–water partition coefficient (Wildman–Crippen LogP) is -5.87. The van der Waals surface area contributed by atoms with E-state index >= 15 is 0 Å². The average Bonchev–Trinajstić information content (AvgIpc) is 3.84. The summed E-state index contributed by atoms with van der Waals surface area (Å²) in [6.07, 6.45) is 15.4. The zero-order valence-corrected chi connectivity index (χ0v) is 54.9. The fourth-order valence-electron chi connectivity index (χ4n) is 8.88. The van der Waals surface area contributed by atoms with Crippen LogP contribution in [-0.2, 0) is 79.9 Å². The summed E-state index contributed by atoms with van der Waals surface area (Å²) in [4.78, 5) is 37.7. The first-order valence-electron chi connectivity index (χ1n) is 24.3. The SMILES string of the molecule is CC1(C)C(=CC=CC(=CC=CC2=[N+](CCS(=O)(=O)[O-])c3ccc(S(=O)(=O)[O-])cc3C2(C)C)CCCCC(=O)NCCCOCCOCCOCCCN2C(=O)C=CC2=O)N(CCS(=O)(=O)[O-])c2ccc(S(=O)(=O)[O-])cc21.[Na+].[Na+].[Na+]. The van der Waals surface area contributed by atoms with Gasteiger partial charge in [-0.25, -0.2) is 33.7 Å². The molecule has 3 aliphatic heterocycles. The number of anilines is 1. The number of fused-ring (bicyclic) bond motifs is 2. The number of carbonyl (C=O) groups excluding carboxylic acids is 3. The van der Waals surface area contributed by atoms with E-state index in [4.69, 9.17) is 14.2 Å². The number of nitrogens with one attached hydrogen (secondary N) is 1. The number of hydrogen-bond acceptors (Lipinski definition) is 19. The van der Waals surface area contributed by atoms with Gasteiger partial charge in [0.15, 0.2) is 12.3 Å². The normalized spacial score (nSPS) is 16.7. The maximum atomic E-state index is 12.8. The van der Waals surface area contributed by atoms with Crippen LogP contribution in [0.2, 0.25) is 0 Å². The number of carbonyl (C=O) groups is 3. The molecule has 3 amide bonds. The fraction of sp³-hybridized carbons (Fsp3) is 0.480. The third-order valence-corrected chi connectivity index (χ3v) is 15.8. The molecule has 79 heavy (non-hydrogen) atoms. The first-order chi connectivity index (χ1) is 35.5. The van der Waals surface area contributed by atoms with Crippen LogP contribution in [0.25, 0.3) is 0 Å². The average molecular weight is 1210 g/mol. The second-order valence-electron chi connectivity index (χ2n) is 19.0. The molecule has 0 spiro atoms. The number of rotatable bonds is 31. The summed E-state index contributed by atoms with van der Waals surface area (Å²) in [5.74, 6) is -2.39. The van der Waals surface area contributed by atoms with Crippen LogP contribution in [0.1, 0.15) is 77.3 Å². The van der Waals surface area contributed by atoms with Crippen LogP contribution in [0.4, 0.5) is 11.4 Å². The van der Waals surface area contributed by atoms with E-state index in [0.717, 1.165) is 17.0 Å². The van der Waals surface area contributed by atoms with Crippen molar-refractivity contribution in [2.75, 3.05) is 82.2 Å². The van der Waals surface area contributed by atoms with Gasteiger partial charge in [-0.3, -0.25) is 19.3 Å². The summed E-state index contributed by atoms with van der Waals surface area (Å²) in [6, 6.07) is 7.45. The third kappa shape index (κ3) is 22.0. The van der Waals surface area contributed by atoms with E-state index in [1.54, 1.807) is 73.6 Å². The number of benzene rings is 2. The summed E-state index contributed by atoms with van der Waals surface area (Å²) in [7, 11) is -19.1. The molecule has 0 fully saturated rings. The maximum absolute atomic E-state index is 12.8. The van der Waals surface area contributed by atoms with Gasteiger partial charge in [0.2, 0.25) is 11.6 Å². The van der Waals surface area contributed by atoms with Crippen LogP contribution in [0.5, 0.6) is 0 Å². The molecule has 5 rings (SSSR count). The Labute approximate surface area is 530 Å². The molecule has 0 saturated carbocycles. The molecule has 3 aliphatic rings. The van der Waals surface area contributed by atoms with Gasteiger partial charge in [-0.2, -0.15) is 4.58 Å². The molecular formula is C50H63N4Na3O18S4. The zero-order valence-electron chi connectivity index (χ0n) is 45.6. The predicted molar refractivity (Wildman–Crippen MR) is 275 cm³/mol. The Morgan fingerprint density at radius 3 is 1.77 bits per heavy atom.